The first-order valence-corrected chi connectivity index (χ1v) is 17.2. The van der Waals surface area contributed by atoms with E-state index >= 15 is 0 Å². The molecule has 6 aliphatic carbocycles. The summed E-state index contributed by atoms with van der Waals surface area (Å²) in [4.78, 5) is 19.2. The molecule has 5 aromatic rings. The van der Waals surface area contributed by atoms with E-state index in [1.807, 2.05) is 24.5 Å². The maximum Gasteiger partial charge on any atom is 0.0889 e. The monoisotopic (exact) mass is 602 g/mol. The quantitative estimate of drug-likeness (QED) is 0.194. The SMILES string of the molecule is CC1(C)[C@@H]2C[C@H]1C(Cc1ccccc1C[C@H]1c3cc(-c4ccccn4)ncc3[C@H]3C[C@@H]1C3(C)C)c1cc(-c3ccccn3)ncc12. The van der Waals surface area contributed by atoms with E-state index in [0.717, 1.165) is 35.6 Å². The average molecular weight is 603 g/mol. The van der Waals surface area contributed by atoms with Gasteiger partial charge in [0.05, 0.1) is 22.8 Å². The van der Waals surface area contributed by atoms with Crippen molar-refractivity contribution in [2.75, 3.05) is 0 Å². The van der Waals surface area contributed by atoms with Gasteiger partial charge in [-0.25, -0.2) is 0 Å². The largest absolute Gasteiger partial charge is 0.255 e. The zero-order valence-electron chi connectivity index (χ0n) is 27.3. The van der Waals surface area contributed by atoms with Crippen molar-refractivity contribution in [3.05, 3.63) is 131 Å². The summed E-state index contributed by atoms with van der Waals surface area (Å²) in [5, 5.41) is 0. The van der Waals surface area contributed by atoms with Gasteiger partial charge in [-0.1, -0.05) is 64.1 Å². The molecule has 6 atom stereocenters. The van der Waals surface area contributed by atoms with Crippen molar-refractivity contribution in [2.24, 2.45) is 22.7 Å². The van der Waals surface area contributed by atoms with Gasteiger partial charge in [-0.15, -0.1) is 0 Å². The normalized spacial score (nSPS) is 27.5. The number of nitrogens with zero attached hydrogens (tertiary/aromatic N) is 4. The van der Waals surface area contributed by atoms with E-state index in [1.54, 1.807) is 0 Å². The minimum atomic E-state index is 0.295. The summed E-state index contributed by atoms with van der Waals surface area (Å²) < 4.78 is 0. The van der Waals surface area contributed by atoms with Crippen molar-refractivity contribution in [1.82, 2.24) is 19.9 Å². The van der Waals surface area contributed by atoms with E-state index in [1.165, 1.54) is 46.2 Å². The molecule has 2 saturated carbocycles. The lowest BCUT2D eigenvalue weighted by Crippen LogP contribution is -2.51. The molecule has 4 nitrogen and oxygen atoms in total. The Bertz CT molecular complexity index is 1800. The van der Waals surface area contributed by atoms with Gasteiger partial charge in [0.1, 0.15) is 0 Å². The first kappa shape index (κ1) is 28.1. The maximum absolute atomic E-state index is 4.94. The third-order valence-corrected chi connectivity index (χ3v) is 13.0. The van der Waals surface area contributed by atoms with Gasteiger partial charge < -0.3 is 0 Å². The predicted molar refractivity (Wildman–Crippen MR) is 184 cm³/mol. The number of aromatic nitrogens is 4. The molecule has 6 aliphatic rings. The van der Waals surface area contributed by atoms with E-state index in [2.05, 4.69) is 111 Å². The van der Waals surface area contributed by atoms with Crippen LogP contribution in [0.1, 0.15) is 97.6 Å². The summed E-state index contributed by atoms with van der Waals surface area (Å²) >= 11 is 0. The van der Waals surface area contributed by atoms with Crippen molar-refractivity contribution in [3.8, 4) is 22.8 Å². The molecule has 0 spiro atoms. The van der Waals surface area contributed by atoms with Crippen LogP contribution in [0.2, 0.25) is 0 Å². The fourth-order valence-corrected chi connectivity index (χ4v) is 10.2. The zero-order valence-corrected chi connectivity index (χ0v) is 27.3. The van der Waals surface area contributed by atoms with Gasteiger partial charge in [-0.05, 0) is 142 Å². The van der Waals surface area contributed by atoms with Crippen LogP contribution in [0.3, 0.4) is 0 Å². The smallest absolute Gasteiger partial charge is 0.0889 e. The third-order valence-electron chi connectivity index (χ3n) is 13.0. The van der Waals surface area contributed by atoms with Crippen LogP contribution in [0.15, 0.2) is 97.6 Å². The van der Waals surface area contributed by atoms with Crippen LogP contribution in [-0.4, -0.2) is 19.9 Å². The summed E-state index contributed by atoms with van der Waals surface area (Å²) in [5.74, 6) is 3.49. The molecule has 11 rings (SSSR count). The Labute approximate surface area is 272 Å². The molecular weight excluding hydrogens is 560 g/mol. The summed E-state index contributed by atoms with van der Waals surface area (Å²) in [6, 6.07) is 26.3. The third kappa shape index (κ3) is 4.11. The Morgan fingerprint density at radius 2 is 0.957 bits per heavy atom. The molecule has 230 valence electrons. The minimum absolute atomic E-state index is 0.295. The molecule has 1 aromatic carbocycles. The molecule has 0 saturated heterocycles. The molecule has 0 N–H and O–H groups in total. The van der Waals surface area contributed by atoms with Crippen molar-refractivity contribution < 1.29 is 0 Å². The van der Waals surface area contributed by atoms with Crippen LogP contribution in [0.5, 0.6) is 0 Å². The molecule has 4 aromatic heterocycles. The highest BCUT2D eigenvalue weighted by atomic mass is 14.8. The molecule has 4 heterocycles. The van der Waals surface area contributed by atoms with Gasteiger partial charge in [-0.3, -0.25) is 19.9 Å². The highest BCUT2D eigenvalue weighted by Crippen LogP contribution is 2.68. The van der Waals surface area contributed by atoms with E-state index in [0.29, 0.717) is 46.3 Å². The Hall–Kier alpha value is -4.18. The molecule has 0 aliphatic heterocycles. The van der Waals surface area contributed by atoms with Gasteiger partial charge in [0.25, 0.3) is 0 Å². The Kier molecular flexibility index (Phi) is 6.20. The molecule has 0 radical (unpaired) electrons. The van der Waals surface area contributed by atoms with Gasteiger partial charge >= 0.3 is 0 Å². The number of rotatable bonds is 6. The molecule has 0 amide bonds. The lowest BCUT2D eigenvalue weighted by Gasteiger charge is -2.61. The van der Waals surface area contributed by atoms with Crippen LogP contribution >= 0.6 is 0 Å². The zero-order chi connectivity index (χ0) is 31.2. The lowest BCUT2D eigenvalue weighted by atomic mass is 9.43. The number of hydrogen-bond acceptors (Lipinski definition) is 4. The van der Waals surface area contributed by atoms with E-state index in [4.69, 9.17) is 9.97 Å². The first-order chi connectivity index (χ1) is 22.3. The minimum Gasteiger partial charge on any atom is -0.255 e. The second-order valence-corrected chi connectivity index (χ2v) is 15.6. The summed E-state index contributed by atoms with van der Waals surface area (Å²) in [7, 11) is 0. The molecule has 46 heavy (non-hydrogen) atoms. The summed E-state index contributed by atoms with van der Waals surface area (Å²) in [5.41, 5.74) is 13.5. The van der Waals surface area contributed by atoms with Crippen LogP contribution < -0.4 is 0 Å². The van der Waals surface area contributed by atoms with Gasteiger partial charge in [-0.2, -0.15) is 0 Å². The van der Waals surface area contributed by atoms with Crippen LogP contribution in [0, 0.1) is 22.7 Å². The average Bonchev–Trinajstić information content (AvgIpc) is 3.09. The molecule has 1 unspecified atom stereocenters. The van der Waals surface area contributed by atoms with Crippen molar-refractivity contribution in [3.63, 3.8) is 0 Å². The van der Waals surface area contributed by atoms with Crippen LogP contribution in [0.25, 0.3) is 22.8 Å². The standard InChI is InChI=1S/C42H42N4/c1-41(2)33-21-35(41)31-23-45-39(37-13-7-9-15-43-37)19-27(31)29(33)17-25-11-5-6-12-26(25)18-30-28-20-40(38-14-8-10-16-44-38)46-24-32(28)36-22-34(30)42(36,3)4/h5-16,19-20,23-24,29-30,33-36H,17-18,21-22H2,1-4H3/t29-,30?,33-,34-,35+,36+/m0/s1. The van der Waals surface area contributed by atoms with Crippen LogP contribution in [0.4, 0.5) is 0 Å². The van der Waals surface area contributed by atoms with E-state index in [9.17, 15) is 0 Å². The summed E-state index contributed by atoms with van der Waals surface area (Å²) in [6.45, 7) is 9.95. The van der Waals surface area contributed by atoms with E-state index < -0.39 is 0 Å². The lowest BCUT2D eigenvalue weighted by molar-refractivity contribution is -0.00721. The summed E-state index contributed by atoms with van der Waals surface area (Å²) in [6.07, 6.45) is 12.8. The van der Waals surface area contributed by atoms with Crippen molar-refractivity contribution in [2.45, 2.75) is 77.0 Å². The maximum atomic E-state index is 4.94. The molecule has 2 fully saturated rings. The van der Waals surface area contributed by atoms with Crippen molar-refractivity contribution in [1.29, 1.82) is 0 Å². The molecule has 4 bridgehead atoms. The second kappa shape index (κ2) is 10.2. The Morgan fingerprint density at radius 1 is 0.522 bits per heavy atom. The van der Waals surface area contributed by atoms with Gasteiger partial charge in [0.15, 0.2) is 0 Å². The highest BCUT2D eigenvalue weighted by Gasteiger charge is 2.58. The Balaban J connectivity index is 1.09. The van der Waals surface area contributed by atoms with Crippen LogP contribution in [-0.2, 0) is 12.8 Å². The molecular formula is C42H42N4. The van der Waals surface area contributed by atoms with Gasteiger partial charge in [0, 0.05) is 24.8 Å². The predicted octanol–water partition coefficient (Wildman–Crippen LogP) is 9.54. The fourth-order valence-electron chi connectivity index (χ4n) is 10.2. The number of pyridine rings is 4. The van der Waals surface area contributed by atoms with Gasteiger partial charge in [0.2, 0.25) is 0 Å². The fraction of sp³-hybridized carbons (Fsp3) is 0.381. The molecule has 4 heteroatoms. The first-order valence-electron chi connectivity index (χ1n) is 17.2. The second-order valence-electron chi connectivity index (χ2n) is 15.6. The van der Waals surface area contributed by atoms with E-state index in [-0.39, 0.29) is 0 Å². The topological polar surface area (TPSA) is 51.6 Å². The highest BCUT2D eigenvalue weighted by molar-refractivity contribution is 5.59. The Morgan fingerprint density at radius 3 is 1.35 bits per heavy atom. The van der Waals surface area contributed by atoms with Crippen molar-refractivity contribution >= 4 is 0 Å². The number of hydrogen-bond donors (Lipinski definition) is 0. The number of benzene rings is 1.